The van der Waals surface area contributed by atoms with Gasteiger partial charge in [0.05, 0.1) is 16.8 Å². The largest absolute Gasteiger partial charge is 0.350 e. The summed E-state index contributed by atoms with van der Waals surface area (Å²) in [5.74, 6) is -0.0504. The number of pyridine rings is 1. The van der Waals surface area contributed by atoms with Gasteiger partial charge in [0.15, 0.2) is 0 Å². The van der Waals surface area contributed by atoms with Crippen molar-refractivity contribution in [3.05, 3.63) is 102 Å². The van der Waals surface area contributed by atoms with Crippen molar-refractivity contribution in [2.75, 3.05) is 0 Å². The van der Waals surface area contributed by atoms with Gasteiger partial charge in [0.2, 0.25) is 0 Å². The third kappa shape index (κ3) is 5.00. The van der Waals surface area contributed by atoms with Crippen LogP contribution in [0.4, 0.5) is 0 Å². The number of amides is 1. The van der Waals surface area contributed by atoms with Crippen LogP contribution in [-0.2, 0) is 12.8 Å². The Kier molecular flexibility index (Phi) is 6.42. The van der Waals surface area contributed by atoms with E-state index in [9.17, 15) is 4.79 Å². The van der Waals surface area contributed by atoms with Gasteiger partial charge in [0.25, 0.3) is 5.91 Å². The number of hydrogen-bond donors (Lipinski definition) is 1. The van der Waals surface area contributed by atoms with Crippen LogP contribution >= 0.6 is 0 Å². The summed E-state index contributed by atoms with van der Waals surface area (Å²) in [5.41, 5.74) is 5.93. The van der Waals surface area contributed by atoms with Crippen LogP contribution in [0, 0.1) is 0 Å². The summed E-state index contributed by atoms with van der Waals surface area (Å²) in [5, 5.41) is 4.07. The highest BCUT2D eigenvalue weighted by atomic mass is 16.1. The number of fused-ring (bicyclic) bond motifs is 1. The molecule has 1 unspecified atom stereocenters. The van der Waals surface area contributed by atoms with Crippen LogP contribution in [0.3, 0.4) is 0 Å². The molecule has 31 heavy (non-hydrogen) atoms. The fourth-order valence-corrected chi connectivity index (χ4v) is 3.82. The van der Waals surface area contributed by atoms with Crippen LogP contribution in [0.5, 0.6) is 0 Å². The zero-order valence-corrected chi connectivity index (χ0v) is 18.1. The molecule has 0 spiro atoms. The minimum atomic E-state index is -0.0504. The summed E-state index contributed by atoms with van der Waals surface area (Å²) in [7, 11) is 0. The van der Waals surface area contributed by atoms with Gasteiger partial charge in [-0.1, -0.05) is 79.7 Å². The van der Waals surface area contributed by atoms with Crippen molar-refractivity contribution in [1.82, 2.24) is 10.3 Å². The average Bonchev–Trinajstić information content (AvgIpc) is 2.82. The molecule has 0 bridgehead atoms. The lowest BCUT2D eigenvalue weighted by Crippen LogP contribution is -2.33. The van der Waals surface area contributed by atoms with E-state index in [1.54, 1.807) is 0 Å². The number of aromatic nitrogens is 1. The molecule has 0 fully saturated rings. The molecule has 0 radical (unpaired) electrons. The minimum absolute atomic E-state index is 0.0504. The molecule has 0 saturated heterocycles. The van der Waals surface area contributed by atoms with E-state index in [1.165, 1.54) is 11.1 Å². The average molecular weight is 409 g/mol. The van der Waals surface area contributed by atoms with Crippen molar-refractivity contribution in [2.24, 2.45) is 0 Å². The SMILES string of the molecule is CCc1ccc(-c2cc(C(=O)NC(C)CCc3ccccc3)c3ccccc3n2)cc1. The van der Waals surface area contributed by atoms with Crippen molar-refractivity contribution in [1.29, 1.82) is 0 Å². The number of hydrogen-bond acceptors (Lipinski definition) is 2. The van der Waals surface area contributed by atoms with Crippen LogP contribution in [0.1, 0.15) is 41.8 Å². The zero-order valence-electron chi connectivity index (χ0n) is 18.1. The monoisotopic (exact) mass is 408 g/mol. The highest BCUT2D eigenvalue weighted by molar-refractivity contribution is 6.07. The summed E-state index contributed by atoms with van der Waals surface area (Å²) < 4.78 is 0. The second kappa shape index (κ2) is 9.57. The molecule has 3 aromatic carbocycles. The third-order valence-corrected chi connectivity index (χ3v) is 5.71. The standard InChI is InChI=1S/C28H28N2O/c1-3-21-15-17-23(18-16-21)27-19-25(24-11-7-8-12-26(24)30-27)28(31)29-20(2)13-14-22-9-5-4-6-10-22/h4-12,15-20H,3,13-14H2,1-2H3,(H,29,31). The van der Waals surface area contributed by atoms with Crippen LogP contribution in [0.15, 0.2) is 84.9 Å². The summed E-state index contributed by atoms with van der Waals surface area (Å²) in [6, 6.07) is 28.6. The van der Waals surface area contributed by atoms with Crippen molar-refractivity contribution in [3.63, 3.8) is 0 Å². The first kappa shape index (κ1) is 20.8. The van der Waals surface area contributed by atoms with Crippen LogP contribution in [-0.4, -0.2) is 16.9 Å². The fraction of sp³-hybridized carbons (Fsp3) is 0.214. The predicted octanol–water partition coefficient (Wildman–Crippen LogP) is 6.22. The number of nitrogens with one attached hydrogen (secondary N) is 1. The van der Waals surface area contributed by atoms with Crippen molar-refractivity contribution < 1.29 is 4.79 Å². The number of nitrogens with zero attached hydrogens (tertiary/aromatic N) is 1. The molecule has 0 aliphatic carbocycles. The third-order valence-electron chi connectivity index (χ3n) is 5.71. The molecular weight excluding hydrogens is 380 g/mol. The number of para-hydroxylation sites is 1. The normalized spacial score (nSPS) is 11.9. The number of carbonyl (C=O) groups is 1. The quantitative estimate of drug-likeness (QED) is 0.395. The van der Waals surface area contributed by atoms with Gasteiger partial charge >= 0.3 is 0 Å². The first-order valence-corrected chi connectivity index (χ1v) is 11.0. The molecule has 1 aromatic heterocycles. The minimum Gasteiger partial charge on any atom is -0.350 e. The van der Waals surface area contributed by atoms with E-state index in [-0.39, 0.29) is 11.9 Å². The molecule has 3 nitrogen and oxygen atoms in total. The van der Waals surface area contributed by atoms with Gasteiger partial charge in [0, 0.05) is 17.0 Å². The second-order valence-electron chi connectivity index (χ2n) is 8.02. The van der Waals surface area contributed by atoms with Gasteiger partial charge in [-0.25, -0.2) is 4.98 Å². The Balaban J connectivity index is 1.58. The first-order valence-electron chi connectivity index (χ1n) is 11.0. The molecule has 1 N–H and O–H groups in total. The highest BCUT2D eigenvalue weighted by Gasteiger charge is 2.16. The molecule has 0 aliphatic heterocycles. The Bertz CT molecular complexity index is 1170. The fourth-order valence-electron chi connectivity index (χ4n) is 3.82. The van der Waals surface area contributed by atoms with Crippen LogP contribution < -0.4 is 5.32 Å². The number of aryl methyl sites for hydroxylation is 2. The lowest BCUT2D eigenvalue weighted by molar-refractivity contribution is 0.0940. The number of carbonyl (C=O) groups excluding carboxylic acids is 1. The van der Waals surface area contributed by atoms with Gasteiger partial charge in [0.1, 0.15) is 0 Å². The Morgan fingerprint density at radius 3 is 2.35 bits per heavy atom. The van der Waals surface area contributed by atoms with Crippen molar-refractivity contribution >= 4 is 16.8 Å². The summed E-state index contributed by atoms with van der Waals surface area (Å²) in [6.45, 7) is 4.21. The van der Waals surface area contributed by atoms with E-state index in [0.29, 0.717) is 5.56 Å². The Morgan fingerprint density at radius 2 is 1.61 bits per heavy atom. The van der Waals surface area contributed by atoms with E-state index in [1.807, 2.05) is 36.4 Å². The van der Waals surface area contributed by atoms with Crippen molar-refractivity contribution in [2.45, 2.75) is 39.2 Å². The summed E-state index contributed by atoms with van der Waals surface area (Å²) in [6.07, 6.45) is 2.83. The maximum absolute atomic E-state index is 13.2. The first-order chi connectivity index (χ1) is 15.1. The van der Waals surface area contributed by atoms with Gasteiger partial charge in [-0.15, -0.1) is 0 Å². The molecule has 1 heterocycles. The lowest BCUT2D eigenvalue weighted by atomic mass is 10.0. The number of benzene rings is 3. The van der Waals surface area contributed by atoms with E-state index in [2.05, 4.69) is 67.7 Å². The molecule has 1 atom stereocenters. The molecule has 3 heteroatoms. The molecule has 0 aliphatic rings. The number of rotatable bonds is 7. The van der Waals surface area contributed by atoms with Crippen LogP contribution in [0.2, 0.25) is 0 Å². The lowest BCUT2D eigenvalue weighted by Gasteiger charge is -2.16. The van der Waals surface area contributed by atoms with E-state index in [4.69, 9.17) is 4.98 Å². The zero-order chi connectivity index (χ0) is 21.6. The topological polar surface area (TPSA) is 42.0 Å². The molecule has 1 amide bonds. The molecule has 4 aromatic rings. The Labute approximate surface area is 184 Å². The van der Waals surface area contributed by atoms with Gasteiger partial charge < -0.3 is 5.32 Å². The van der Waals surface area contributed by atoms with E-state index < -0.39 is 0 Å². The Hall–Kier alpha value is -3.46. The smallest absolute Gasteiger partial charge is 0.252 e. The molecule has 0 saturated carbocycles. The van der Waals surface area contributed by atoms with E-state index >= 15 is 0 Å². The Morgan fingerprint density at radius 1 is 0.903 bits per heavy atom. The second-order valence-corrected chi connectivity index (χ2v) is 8.02. The maximum Gasteiger partial charge on any atom is 0.252 e. The van der Waals surface area contributed by atoms with E-state index in [0.717, 1.165) is 41.4 Å². The van der Waals surface area contributed by atoms with Crippen LogP contribution in [0.25, 0.3) is 22.2 Å². The van der Waals surface area contributed by atoms with Gasteiger partial charge in [-0.2, -0.15) is 0 Å². The predicted molar refractivity (Wildman–Crippen MR) is 128 cm³/mol. The summed E-state index contributed by atoms with van der Waals surface area (Å²) in [4.78, 5) is 18.0. The van der Waals surface area contributed by atoms with Gasteiger partial charge in [-0.05, 0) is 49.4 Å². The molecular formula is C28H28N2O. The molecule has 156 valence electrons. The highest BCUT2D eigenvalue weighted by Crippen LogP contribution is 2.25. The van der Waals surface area contributed by atoms with Gasteiger partial charge in [-0.3, -0.25) is 4.79 Å². The molecule has 4 rings (SSSR count). The van der Waals surface area contributed by atoms with Crippen molar-refractivity contribution in [3.8, 4) is 11.3 Å². The maximum atomic E-state index is 13.2. The summed E-state index contributed by atoms with van der Waals surface area (Å²) >= 11 is 0.